The molecule has 1 heterocycles. The average molecular weight is 527 g/mol. The number of pyridine rings is 1. The Bertz CT molecular complexity index is 1370. The molecule has 2 aromatic carbocycles. The van der Waals surface area contributed by atoms with Gasteiger partial charge in [-0.3, -0.25) is 24.6 Å². The second kappa shape index (κ2) is 16.0. The minimum absolute atomic E-state index is 0. The van der Waals surface area contributed by atoms with Crippen molar-refractivity contribution in [3.63, 3.8) is 0 Å². The fraction of sp³-hybridized carbons (Fsp3) is 0.172. The summed E-state index contributed by atoms with van der Waals surface area (Å²) < 4.78 is 0. The zero-order valence-corrected chi connectivity index (χ0v) is 20.3. The van der Waals surface area contributed by atoms with Crippen LogP contribution in [0.15, 0.2) is 73.1 Å². The van der Waals surface area contributed by atoms with Crippen LogP contribution in [0.25, 0.3) is 0 Å². The Labute approximate surface area is 227 Å². The predicted octanol–water partition coefficient (Wildman–Crippen LogP) is 1.41. The van der Waals surface area contributed by atoms with Gasteiger partial charge in [0.25, 0.3) is 11.8 Å². The highest BCUT2D eigenvalue weighted by Gasteiger charge is 2.19. The normalized spacial score (nSPS) is 10.3. The molecule has 39 heavy (non-hydrogen) atoms. The molecule has 200 valence electrons. The summed E-state index contributed by atoms with van der Waals surface area (Å²) in [6.07, 6.45) is 3.41. The number of hydrogen-bond acceptors (Lipinski definition) is 7. The van der Waals surface area contributed by atoms with Gasteiger partial charge in [-0.1, -0.05) is 19.3 Å². The van der Waals surface area contributed by atoms with E-state index >= 15 is 0 Å². The molecule has 0 unspecified atom stereocenters. The van der Waals surface area contributed by atoms with Crippen LogP contribution in [-0.2, 0) is 16.1 Å². The molecule has 0 saturated heterocycles. The number of hydrogen-bond donors (Lipinski definition) is 6. The molecule has 0 aliphatic rings. The van der Waals surface area contributed by atoms with E-state index in [4.69, 9.17) is 10.9 Å². The van der Waals surface area contributed by atoms with E-state index in [9.17, 15) is 14.4 Å². The highest BCUT2D eigenvalue weighted by atomic mass is 16.5. The zero-order valence-electron chi connectivity index (χ0n) is 20.3. The molecule has 10 nitrogen and oxygen atoms in total. The summed E-state index contributed by atoms with van der Waals surface area (Å²) in [5.41, 5.74) is 10.3. The van der Waals surface area contributed by atoms with Crippen molar-refractivity contribution < 1.29 is 19.6 Å². The minimum Gasteiger partial charge on any atom is -0.339 e. The molecule has 3 amide bonds. The summed E-state index contributed by atoms with van der Waals surface area (Å²) in [4.78, 5) is 39.7. The second-order valence-electron chi connectivity index (χ2n) is 7.90. The van der Waals surface area contributed by atoms with Gasteiger partial charge in [-0.25, -0.2) is 5.48 Å². The highest BCUT2D eigenvalue weighted by molar-refractivity contribution is 5.97. The molecular weight excluding hydrogens is 496 g/mol. The summed E-state index contributed by atoms with van der Waals surface area (Å²) in [6, 6.07) is 16.2. The molecular formula is C29H30N6O4. The van der Waals surface area contributed by atoms with E-state index in [-0.39, 0.29) is 26.4 Å². The van der Waals surface area contributed by atoms with Crippen LogP contribution in [0.4, 0.5) is 5.69 Å². The van der Waals surface area contributed by atoms with Crippen LogP contribution in [0.1, 0.15) is 34.5 Å². The Hall–Kier alpha value is -5.00. The first-order valence-electron chi connectivity index (χ1n) is 11.5. The number of aromatic nitrogens is 1. The van der Waals surface area contributed by atoms with Crippen molar-refractivity contribution in [1.29, 1.82) is 0 Å². The molecule has 7 N–H and O–H groups in total. The number of rotatable bonds is 9. The molecule has 0 spiro atoms. The third-order valence-electron chi connectivity index (χ3n) is 5.12. The van der Waals surface area contributed by atoms with E-state index in [1.165, 1.54) is 5.48 Å². The zero-order chi connectivity index (χ0) is 27.2. The number of benzene rings is 2. The minimum atomic E-state index is -1.05. The van der Waals surface area contributed by atoms with Crippen LogP contribution in [0.2, 0.25) is 0 Å². The quantitative estimate of drug-likeness (QED) is 0.140. The first-order chi connectivity index (χ1) is 18.5. The Morgan fingerprint density at radius 2 is 1.49 bits per heavy atom. The maximum atomic E-state index is 12.2. The van der Waals surface area contributed by atoms with Crippen LogP contribution in [0.3, 0.4) is 0 Å². The van der Waals surface area contributed by atoms with Gasteiger partial charge in [0, 0.05) is 47.9 Å². The Balaban J connectivity index is 0.00000533. The Kier molecular flexibility index (Phi) is 12.4. The third-order valence-corrected chi connectivity index (χ3v) is 5.12. The lowest BCUT2D eigenvalue weighted by atomic mass is 10.1. The summed E-state index contributed by atoms with van der Waals surface area (Å²) in [5.74, 6) is 9.89. The van der Waals surface area contributed by atoms with Gasteiger partial charge < -0.3 is 21.7 Å². The Morgan fingerprint density at radius 1 is 0.897 bits per heavy atom. The first kappa shape index (κ1) is 30.2. The molecule has 3 aromatic rings. The lowest BCUT2D eigenvalue weighted by Gasteiger charge is -2.14. The number of nitrogens with one attached hydrogen (secondary N) is 4. The summed E-state index contributed by atoms with van der Waals surface area (Å²) in [7, 11) is 0. The molecule has 10 heteroatoms. The molecule has 0 fully saturated rings. The van der Waals surface area contributed by atoms with Crippen molar-refractivity contribution in [3.8, 4) is 23.7 Å². The van der Waals surface area contributed by atoms with E-state index in [0.717, 1.165) is 11.1 Å². The van der Waals surface area contributed by atoms with Crippen LogP contribution >= 0.6 is 0 Å². The van der Waals surface area contributed by atoms with Crippen molar-refractivity contribution in [2.75, 3.05) is 18.4 Å². The van der Waals surface area contributed by atoms with Gasteiger partial charge in [0.05, 0.1) is 6.54 Å². The molecule has 3 rings (SSSR count). The number of hydroxylamine groups is 1. The molecule has 1 aromatic heterocycles. The number of nitrogens with zero attached hydrogens (tertiary/aromatic N) is 1. The van der Waals surface area contributed by atoms with Crippen molar-refractivity contribution in [1.82, 2.24) is 21.1 Å². The van der Waals surface area contributed by atoms with Crippen LogP contribution < -0.4 is 27.2 Å². The summed E-state index contributed by atoms with van der Waals surface area (Å²) >= 11 is 0. The lowest BCUT2D eigenvalue weighted by molar-refractivity contribution is -0.130. The molecule has 0 aliphatic carbocycles. The molecule has 0 saturated carbocycles. The van der Waals surface area contributed by atoms with Crippen molar-refractivity contribution >= 4 is 23.4 Å². The molecule has 1 atom stereocenters. The number of carbonyl (C=O) groups excluding carboxylic acids is 3. The van der Waals surface area contributed by atoms with Crippen LogP contribution in [0.5, 0.6) is 0 Å². The first-order valence-corrected chi connectivity index (χ1v) is 11.5. The van der Waals surface area contributed by atoms with Gasteiger partial charge in [0.1, 0.15) is 6.04 Å². The number of amides is 3. The fourth-order valence-electron chi connectivity index (χ4n) is 3.13. The maximum absolute atomic E-state index is 12.2. The van der Waals surface area contributed by atoms with Gasteiger partial charge in [0.2, 0.25) is 5.91 Å². The topological polar surface area (TPSA) is 158 Å². The van der Waals surface area contributed by atoms with Crippen molar-refractivity contribution in [3.05, 3.63) is 95.3 Å². The third kappa shape index (κ3) is 10.1. The van der Waals surface area contributed by atoms with Gasteiger partial charge in [-0.05, 0) is 78.1 Å². The van der Waals surface area contributed by atoms with Crippen molar-refractivity contribution in [2.45, 2.75) is 20.0 Å². The number of nitrogens with two attached hydrogens (primary N) is 1. The van der Waals surface area contributed by atoms with Gasteiger partial charge >= 0.3 is 0 Å². The van der Waals surface area contributed by atoms with Crippen LogP contribution in [-0.4, -0.2) is 47.0 Å². The number of anilines is 1. The fourth-order valence-corrected chi connectivity index (χ4v) is 3.13. The van der Waals surface area contributed by atoms with E-state index in [1.807, 2.05) is 12.1 Å². The SMILES string of the molecule is C.NC[C@H](NC(=O)c1ccc(C#CC#Cc2ccc(NC(=O)CNCc3ccncc3)cc2)cc1)C(=O)NO. The van der Waals surface area contributed by atoms with E-state index in [2.05, 4.69) is 44.6 Å². The van der Waals surface area contributed by atoms with E-state index < -0.39 is 17.9 Å². The largest absolute Gasteiger partial charge is 0.339 e. The average Bonchev–Trinajstić information content (AvgIpc) is 2.95. The van der Waals surface area contributed by atoms with Crippen molar-refractivity contribution in [2.24, 2.45) is 5.73 Å². The highest BCUT2D eigenvalue weighted by Crippen LogP contribution is 2.08. The maximum Gasteiger partial charge on any atom is 0.267 e. The van der Waals surface area contributed by atoms with Gasteiger partial charge in [0.15, 0.2) is 0 Å². The van der Waals surface area contributed by atoms with Crippen LogP contribution in [0, 0.1) is 23.7 Å². The summed E-state index contributed by atoms with van der Waals surface area (Å²) in [6.45, 7) is 0.592. The van der Waals surface area contributed by atoms with Gasteiger partial charge in [-0.2, -0.15) is 0 Å². The molecule has 0 bridgehead atoms. The Morgan fingerprint density at radius 3 is 2.05 bits per heavy atom. The lowest BCUT2D eigenvalue weighted by Crippen LogP contribution is -2.50. The van der Waals surface area contributed by atoms with E-state index in [1.54, 1.807) is 60.9 Å². The monoisotopic (exact) mass is 526 g/mol. The number of carbonyl (C=O) groups is 3. The second-order valence-corrected chi connectivity index (χ2v) is 7.90. The predicted molar refractivity (Wildman–Crippen MR) is 148 cm³/mol. The standard InChI is InChI=1S/C28H26N6O4.CH4/c29-17-25(28(37)34-38)33-27(36)23-9-5-20(6-10-23)3-1-2-4-21-7-11-24(12-8-21)32-26(35)19-31-18-22-13-15-30-16-14-22;/h5-16,25,31,38H,17-19,29H2,(H,32,35)(H,33,36)(H,34,37);1H4/t25-;/m0./s1. The van der Waals surface area contributed by atoms with Gasteiger partial charge in [-0.15, -0.1) is 0 Å². The van der Waals surface area contributed by atoms with E-state index in [0.29, 0.717) is 23.4 Å². The molecule has 0 radical (unpaired) electrons. The summed E-state index contributed by atoms with van der Waals surface area (Å²) in [5, 5.41) is 17.0. The smallest absolute Gasteiger partial charge is 0.267 e. The molecule has 0 aliphatic heterocycles.